The molecule has 3 heteroatoms. The molecule has 25 heavy (non-hydrogen) atoms. The SMILES string of the molecule is C#C[C@@]12CC[C@H]3C(C)(C)C(=O)C(C#N)=C[C@]3(C)C1=CC(=O)[C@H](CC)C2. The molecular weight excluding hydrogens is 310 g/mol. The Morgan fingerprint density at radius 3 is 2.56 bits per heavy atom. The standard InChI is InChI=1S/C22H25NO2/c1-6-14-12-22(7-2)9-8-17-20(3,4)19(25)15(13-23)11-21(17,5)18(22)10-16(14)24/h2,10-11,14,17H,6,8-9,12H2,1,3-5H3/t14-,17+,21+,22+/m1/s1. The predicted molar refractivity (Wildman–Crippen MR) is 96.1 cm³/mol. The van der Waals surface area contributed by atoms with Gasteiger partial charge in [-0.1, -0.05) is 39.7 Å². The molecule has 0 spiro atoms. The normalized spacial score (nSPS) is 39.3. The van der Waals surface area contributed by atoms with Gasteiger partial charge in [0.05, 0.1) is 11.0 Å². The number of nitriles is 1. The van der Waals surface area contributed by atoms with Crippen LogP contribution in [-0.2, 0) is 9.59 Å². The van der Waals surface area contributed by atoms with Crippen LogP contribution in [0.3, 0.4) is 0 Å². The van der Waals surface area contributed by atoms with Crippen molar-refractivity contribution in [1.29, 1.82) is 5.26 Å². The maximum atomic E-state index is 12.7. The van der Waals surface area contributed by atoms with E-state index in [1.54, 1.807) is 12.2 Å². The number of carbonyl (C=O) groups is 2. The lowest BCUT2D eigenvalue weighted by Crippen LogP contribution is -2.54. The monoisotopic (exact) mass is 335 g/mol. The van der Waals surface area contributed by atoms with Crippen LogP contribution in [0, 0.1) is 51.8 Å². The van der Waals surface area contributed by atoms with Crippen molar-refractivity contribution in [2.75, 3.05) is 0 Å². The summed E-state index contributed by atoms with van der Waals surface area (Å²) in [6, 6.07) is 2.07. The van der Waals surface area contributed by atoms with Gasteiger partial charge in [0, 0.05) is 16.7 Å². The van der Waals surface area contributed by atoms with Gasteiger partial charge in [-0.15, -0.1) is 6.42 Å². The van der Waals surface area contributed by atoms with Crippen LogP contribution in [0.15, 0.2) is 23.3 Å². The summed E-state index contributed by atoms with van der Waals surface area (Å²) >= 11 is 0. The minimum absolute atomic E-state index is 0.0300. The molecule has 130 valence electrons. The van der Waals surface area contributed by atoms with E-state index in [0.29, 0.717) is 6.42 Å². The van der Waals surface area contributed by atoms with Gasteiger partial charge in [0.25, 0.3) is 0 Å². The van der Waals surface area contributed by atoms with E-state index in [4.69, 9.17) is 6.42 Å². The van der Waals surface area contributed by atoms with Crippen LogP contribution in [0.4, 0.5) is 0 Å². The van der Waals surface area contributed by atoms with Gasteiger partial charge in [0.15, 0.2) is 11.6 Å². The molecule has 0 aromatic rings. The number of carbonyl (C=O) groups excluding carboxylic acids is 2. The van der Waals surface area contributed by atoms with Gasteiger partial charge in [-0.2, -0.15) is 5.26 Å². The molecule has 4 atom stereocenters. The van der Waals surface area contributed by atoms with Crippen LogP contribution in [0.25, 0.3) is 0 Å². The average molecular weight is 335 g/mol. The molecule has 0 radical (unpaired) electrons. The fourth-order valence-electron chi connectivity index (χ4n) is 5.61. The van der Waals surface area contributed by atoms with Crippen LogP contribution in [-0.4, -0.2) is 11.6 Å². The maximum Gasteiger partial charge on any atom is 0.178 e. The Balaban J connectivity index is 2.26. The number of hydrogen-bond acceptors (Lipinski definition) is 3. The maximum absolute atomic E-state index is 12.7. The lowest BCUT2D eigenvalue weighted by atomic mass is 9.44. The van der Waals surface area contributed by atoms with Crippen molar-refractivity contribution < 1.29 is 9.59 Å². The molecule has 3 rings (SSSR count). The van der Waals surface area contributed by atoms with E-state index in [0.717, 1.165) is 24.8 Å². The van der Waals surface area contributed by atoms with E-state index in [9.17, 15) is 14.9 Å². The van der Waals surface area contributed by atoms with E-state index < -0.39 is 16.2 Å². The Hall–Kier alpha value is -2.13. The molecule has 0 aromatic carbocycles. The zero-order chi connectivity index (χ0) is 18.6. The third-order valence-corrected chi connectivity index (χ3v) is 7.00. The van der Waals surface area contributed by atoms with Crippen LogP contribution in [0.5, 0.6) is 0 Å². The molecule has 1 fully saturated rings. The first-order valence-electron chi connectivity index (χ1n) is 9.08. The molecule has 0 aliphatic heterocycles. The minimum atomic E-state index is -0.638. The van der Waals surface area contributed by atoms with Crippen LogP contribution in [0.1, 0.15) is 53.4 Å². The third-order valence-electron chi connectivity index (χ3n) is 7.00. The number of rotatable bonds is 1. The molecular formula is C22H25NO2. The van der Waals surface area contributed by atoms with Crippen molar-refractivity contribution in [3.8, 4) is 18.4 Å². The first-order valence-corrected chi connectivity index (χ1v) is 9.08. The molecule has 3 aliphatic rings. The highest BCUT2D eigenvalue weighted by molar-refractivity contribution is 6.04. The van der Waals surface area contributed by atoms with Gasteiger partial charge >= 0.3 is 0 Å². The first kappa shape index (κ1) is 17.7. The Morgan fingerprint density at radius 1 is 1.32 bits per heavy atom. The largest absolute Gasteiger partial charge is 0.295 e. The number of ketones is 2. The van der Waals surface area contributed by atoms with Crippen LogP contribution in [0.2, 0.25) is 0 Å². The second-order valence-electron chi connectivity index (χ2n) is 8.59. The smallest absolute Gasteiger partial charge is 0.178 e. The molecule has 0 heterocycles. The highest BCUT2D eigenvalue weighted by Gasteiger charge is 2.60. The minimum Gasteiger partial charge on any atom is -0.295 e. The second-order valence-corrected chi connectivity index (χ2v) is 8.59. The van der Waals surface area contributed by atoms with Crippen molar-refractivity contribution in [3.63, 3.8) is 0 Å². The van der Waals surface area contributed by atoms with Crippen molar-refractivity contribution in [2.45, 2.75) is 53.4 Å². The van der Waals surface area contributed by atoms with Gasteiger partial charge in [-0.25, -0.2) is 0 Å². The van der Waals surface area contributed by atoms with E-state index >= 15 is 0 Å². The number of Topliss-reactive ketones (excluding diaryl/α,β-unsaturated/α-hetero) is 1. The zero-order valence-electron chi connectivity index (χ0n) is 15.5. The van der Waals surface area contributed by atoms with Gasteiger partial charge in [0.2, 0.25) is 0 Å². The summed E-state index contributed by atoms with van der Waals surface area (Å²) in [4.78, 5) is 25.4. The Bertz CT molecular complexity index is 801. The first-order chi connectivity index (χ1) is 11.7. The van der Waals surface area contributed by atoms with Gasteiger partial charge in [-0.3, -0.25) is 9.59 Å². The van der Waals surface area contributed by atoms with Gasteiger partial charge in [-0.05, 0) is 43.3 Å². The van der Waals surface area contributed by atoms with E-state index in [1.165, 1.54) is 0 Å². The summed E-state index contributed by atoms with van der Waals surface area (Å²) in [6.07, 6.45) is 12.6. The molecule has 0 N–H and O–H groups in total. The number of fused-ring (bicyclic) bond motifs is 3. The van der Waals surface area contributed by atoms with E-state index in [2.05, 4.69) is 18.9 Å². The molecule has 0 amide bonds. The lowest BCUT2D eigenvalue weighted by molar-refractivity contribution is -0.130. The van der Waals surface area contributed by atoms with Crippen molar-refractivity contribution in [1.82, 2.24) is 0 Å². The molecule has 3 aliphatic carbocycles. The Labute approximate surface area is 150 Å². The molecule has 0 saturated heterocycles. The second kappa shape index (κ2) is 5.43. The molecule has 0 bridgehead atoms. The lowest BCUT2D eigenvalue weighted by Gasteiger charge is -2.57. The zero-order valence-corrected chi connectivity index (χ0v) is 15.5. The summed E-state index contributed by atoms with van der Waals surface area (Å²) in [6.45, 7) is 7.92. The number of terminal acetylenes is 1. The fourth-order valence-corrected chi connectivity index (χ4v) is 5.61. The summed E-state index contributed by atoms with van der Waals surface area (Å²) in [5.74, 6) is 3.07. The Morgan fingerprint density at radius 2 is 2.00 bits per heavy atom. The predicted octanol–water partition coefficient (Wildman–Crippen LogP) is 4.01. The van der Waals surface area contributed by atoms with Gasteiger partial charge < -0.3 is 0 Å². The topological polar surface area (TPSA) is 57.9 Å². The van der Waals surface area contributed by atoms with Crippen molar-refractivity contribution >= 4 is 11.6 Å². The molecule has 1 saturated carbocycles. The highest BCUT2D eigenvalue weighted by Crippen LogP contribution is 2.64. The molecule has 3 nitrogen and oxygen atoms in total. The van der Waals surface area contributed by atoms with E-state index in [1.807, 2.05) is 20.8 Å². The average Bonchev–Trinajstić information content (AvgIpc) is 2.58. The summed E-state index contributed by atoms with van der Waals surface area (Å²) in [5, 5.41) is 9.48. The summed E-state index contributed by atoms with van der Waals surface area (Å²) in [5.41, 5.74) is -0.459. The van der Waals surface area contributed by atoms with Gasteiger partial charge in [0.1, 0.15) is 6.07 Å². The van der Waals surface area contributed by atoms with E-state index in [-0.39, 0.29) is 29.0 Å². The fraction of sp³-hybridized carbons (Fsp3) is 0.591. The van der Waals surface area contributed by atoms with Crippen molar-refractivity contribution in [2.24, 2.45) is 28.1 Å². The molecule has 0 aromatic heterocycles. The van der Waals surface area contributed by atoms with Crippen LogP contribution >= 0.6 is 0 Å². The number of allylic oxidation sites excluding steroid dienone is 4. The Kier molecular flexibility index (Phi) is 3.84. The highest BCUT2D eigenvalue weighted by atomic mass is 16.1. The van der Waals surface area contributed by atoms with Crippen molar-refractivity contribution in [3.05, 3.63) is 23.3 Å². The number of hydrogen-bond donors (Lipinski definition) is 0. The summed E-state index contributed by atoms with van der Waals surface area (Å²) < 4.78 is 0. The third kappa shape index (κ3) is 2.18. The number of nitrogens with zero attached hydrogens (tertiary/aromatic N) is 1. The quantitative estimate of drug-likeness (QED) is 0.680. The molecule has 0 unspecified atom stereocenters. The summed E-state index contributed by atoms with van der Waals surface area (Å²) in [7, 11) is 0. The van der Waals surface area contributed by atoms with Crippen LogP contribution < -0.4 is 0 Å².